The summed E-state index contributed by atoms with van der Waals surface area (Å²) in [5.41, 5.74) is 1.36. The summed E-state index contributed by atoms with van der Waals surface area (Å²) in [6, 6.07) is 1.31. The Morgan fingerprint density at radius 2 is 2.10 bits per heavy atom. The molecule has 1 N–H and O–H groups in total. The lowest BCUT2D eigenvalue weighted by atomic mass is 9.88. The molecule has 0 amide bonds. The first-order valence-electron chi connectivity index (χ1n) is 8.20. The Morgan fingerprint density at radius 3 is 2.75 bits per heavy atom. The third-order valence-corrected chi connectivity index (χ3v) is 4.99. The molecule has 0 saturated carbocycles. The van der Waals surface area contributed by atoms with Gasteiger partial charge in [-0.15, -0.1) is 0 Å². The molecule has 2 aliphatic heterocycles. The fourth-order valence-electron chi connectivity index (χ4n) is 3.78. The first kappa shape index (κ1) is 14.1. The summed E-state index contributed by atoms with van der Waals surface area (Å²) >= 11 is 0. The van der Waals surface area contributed by atoms with E-state index in [0.29, 0.717) is 6.04 Å². The predicted octanol–water partition coefficient (Wildman–Crippen LogP) is 2.43. The third-order valence-electron chi connectivity index (χ3n) is 4.99. The molecule has 112 valence electrons. The van der Waals surface area contributed by atoms with Gasteiger partial charge in [0.15, 0.2) is 0 Å². The zero-order chi connectivity index (χ0) is 13.9. The summed E-state index contributed by atoms with van der Waals surface area (Å²) in [6.45, 7) is 9.23. The molecule has 1 aromatic rings. The van der Waals surface area contributed by atoms with Crippen molar-refractivity contribution in [2.24, 2.45) is 5.92 Å². The van der Waals surface area contributed by atoms with Crippen molar-refractivity contribution < 1.29 is 0 Å². The number of piperidine rings is 1. The van der Waals surface area contributed by atoms with Crippen LogP contribution in [0.2, 0.25) is 0 Å². The number of aromatic nitrogens is 2. The summed E-state index contributed by atoms with van der Waals surface area (Å²) in [5.74, 6) is 0.906. The van der Waals surface area contributed by atoms with E-state index in [1.54, 1.807) is 0 Å². The van der Waals surface area contributed by atoms with Crippen molar-refractivity contribution in [3.63, 3.8) is 0 Å². The summed E-state index contributed by atoms with van der Waals surface area (Å²) in [4.78, 5) is 6.91. The highest BCUT2D eigenvalue weighted by molar-refractivity contribution is 5.00. The first-order chi connectivity index (χ1) is 9.74. The van der Waals surface area contributed by atoms with Gasteiger partial charge in [0.2, 0.25) is 0 Å². The van der Waals surface area contributed by atoms with Gasteiger partial charge in [0, 0.05) is 24.8 Å². The number of hydrogen-bond donors (Lipinski definition) is 1. The van der Waals surface area contributed by atoms with Gasteiger partial charge in [0.25, 0.3) is 0 Å². The van der Waals surface area contributed by atoms with Crippen LogP contribution in [0.15, 0.2) is 12.5 Å². The Morgan fingerprint density at radius 1 is 1.30 bits per heavy atom. The van der Waals surface area contributed by atoms with E-state index in [0.717, 1.165) is 18.5 Å². The molecule has 0 aliphatic carbocycles. The van der Waals surface area contributed by atoms with Crippen molar-refractivity contribution in [2.75, 3.05) is 19.6 Å². The number of nitrogens with zero attached hydrogens (tertiary/aromatic N) is 3. The van der Waals surface area contributed by atoms with Gasteiger partial charge in [-0.2, -0.15) is 0 Å². The summed E-state index contributed by atoms with van der Waals surface area (Å²) < 4.78 is 2.30. The fourth-order valence-corrected chi connectivity index (χ4v) is 3.78. The highest BCUT2D eigenvalue weighted by atomic mass is 15.2. The summed E-state index contributed by atoms with van der Waals surface area (Å²) in [5, 5.41) is 3.68. The van der Waals surface area contributed by atoms with Crippen LogP contribution in [0.25, 0.3) is 0 Å². The molecule has 0 radical (unpaired) electrons. The average molecular weight is 276 g/mol. The number of likely N-dealkylation sites (tertiary alicyclic amines) is 1. The Bertz CT molecular complexity index is 412. The van der Waals surface area contributed by atoms with Crippen LogP contribution in [-0.4, -0.2) is 40.1 Å². The molecule has 4 heteroatoms. The van der Waals surface area contributed by atoms with Crippen LogP contribution < -0.4 is 5.32 Å². The van der Waals surface area contributed by atoms with Gasteiger partial charge >= 0.3 is 0 Å². The van der Waals surface area contributed by atoms with Crippen molar-refractivity contribution in [1.29, 1.82) is 0 Å². The zero-order valence-corrected chi connectivity index (χ0v) is 12.9. The van der Waals surface area contributed by atoms with E-state index in [1.807, 2.05) is 12.5 Å². The smallest absolute Gasteiger partial charge is 0.0951 e. The molecule has 3 heterocycles. The second-order valence-electron chi connectivity index (χ2n) is 6.70. The minimum atomic E-state index is 0.507. The lowest BCUT2D eigenvalue weighted by Crippen LogP contribution is -2.40. The maximum Gasteiger partial charge on any atom is 0.0951 e. The predicted molar refractivity (Wildman–Crippen MR) is 81.6 cm³/mol. The minimum Gasteiger partial charge on any atom is -0.331 e. The van der Waals surface area contributed by atoms with E-state index in [4.69, 9.17) is 0 Å². The molecule has 20 heavy (non-hydrogen) atoms. The second kappa shape index (κ2) is 6.27. The molecule has 0 bridgehead atoms. The van der Waals surface area contributed by atoms with Gasteiger partial charge in [-0.3, -0.25) is 4.90 Å². The molecule has 3 rings (SSSR count). The second-order valence-corrected chi connectivity index (χ2v) is 6.70. The largest absolute Gasteiger partial charge is 0.331 e. The van der Waals surface area contributed by atoms with E-state index in [9.17, 15) is 0 Å². The van der Waals surface area contributed by atoms with Crippen LogP contribution in [0.4, 0.5) is 0 Å². The quantitative estimate of drug-likeness (QED) is 0.917. The van der Waals surface area contributed by atoms with Gasteiger partial charge in [-0.25, -0.2) is 4.98 Å². The molecule has 2 saturated heterocycles. The molecule has 4 nitrogen and oxygen atoms in total. The first-order valence-corrected chi connectivity index (χ1v) is 8.20. The summed E-state index contributed by atoms with van der Waals surface area (Å²) in [6.07, 6.45) is 9.48. The molecule has 2 aliphatic rings. The van der Waals surface area contributed by atoms with Gasteiger partial charge in [-0.1, -0.05) is 0 Å². The monoisotopic (exact) mass is 276 g/mol. The highest BCUT2D eigenvalue weighted by Crippen LogP contribution is 2.26. The van der Waals surface area contributed by atoms with Crippen molar-refractivity contribution >= 4 is 0 Å². The van der Waals surface area contributed by atoms with Crippen molar-refractivity contribution in [3.05, 3.63) is 18.2 Å². The Kier molecular flexibility index (Phi) is 4.41. The highest BCUT2D eigenvalue weighted by Gasteiger charge is 2.28. The van der Waals surface area contributed by atoms with Crippen molar-refractivity contribution in [1.82, 2.24) is 19.8 Å². The number of nitrogens with one attached hydrogen (secondary N) is 1. The van der Waals surface area contributed by atoms with Crippen LogP contribution in [0.5, 0.6) is 0 Å². The van der Waals surface area contributed by atoms with Gasteiger partial charge < -0.3 is 9.88 Å². The molecular formula is C16H28N4. The molecule has 0 aromatic carbocycles. The van der Waals surface area contributed by atoms with E-state index in [1.165, 1.54) is 51.0 Å². The SMILES string of the molecule is CC(C)n1cncc1CN1CCC(C2CCCN2)CC1. The molecule has 1 atom stereocenters. The Labute approximate surface area is 122 Å². The number of rotatable bonds is 4. The van der Waals surface area contributed by atoms with E-state index in [-0.39, 0.29) is 0 Å². The van der Waals surface area contributed by atoms with E-state index >= 15 is 0 Å². The normalized spacial score (nSPS) is 25.6. The number of hydrogen-bond acceptors (Lipinski definition) is 3. The molecular weight excluding hydrogens is 248 g/mol. The maximum atomic E-state index is 4.31. The maximum absolute atomic E-state index is 4.31. The zero-order valence-electron chi connectivity index (χ0n) is 12.9. The van der Waals surface area contributed by atoms with Gasteiger partial charge in [-0.05, 0) is 65.1 Å². The fraction of sp³-hybridized carbons (Fsp3) is 0.812. The Hall–Kier alpha value is -0.870. The van der Waals surface area contributed by atoms with Crippen LogP contribution in [0.3, 0.4) is 0 Å². The molecule has 1 unspecified atom stereocenters. The van der Waals surface area contributed by atoms with E-state index < -0.39 is 0 Å². The topological polar surface area (TPSA) is 33.1 Å². The lowest BCUT2D eigenvalue weighted by molar-refractivity contribution is 0.154. The minimum absolute atomic E-state index is 0.507. The average Bonchev–Trinajstić information content (AvgIpc) is 3.10. The molecule has 2 fully saturated rings. The standard InChI is InChI=1S/C16H28N4/c1-13(2)20-12-17-10-15(20)11-19-8-5-14(6-9-19)16-4-3-7-18-16/h10,12-14,16,18H,3-9,11H2,1-2H3. The van der Waals surface area contributed by atoms with Crippen LogP contribution in [-0.2, 0) is 6.54 Å². The van der Waals surface area contributed by atoms with Gasteiger partial charge in [0.1, 0.15) is 0 Å². The molecule has 0 spiro atoms. The number of imidazole rings is 1. The van der Waals surface area contributed by atoms with Crippen LogP contribution >= 0.6 is 0 Å². The third kappa shape index (κ3) is 3.07. The van der Waals surface area contributed by atoms with Crippen LogP contribution in [0.1, 0.15) is 51.3 Å². The van der Waals surface area contributed by atoms with Gasteiger partial charge in [0.05, 0.1) is 12.0 Å². The van der Waals surface area contributed by atoms with Crippen molar-refractivity contribution in [3.8, 4) is 0 Å². The Balaban J connectivity index is 1.52. The lowest BCUT2D eigenvalue weighted by Gasteiger charge is -2.35. The molecule has 1 aromatic heterocycles. The summed E-state index contributed by atoms with van der Waals surface area (Å²) in [7, 11) is 0. The van der Waals surface area contributed by atoms with E-state index in [2.05, 4.69) is 33.6 Å². The van der Waals surface area contributed by atoms with Crippen LogP contribution in [0, 0.1) is 5.92 Å². The van der Waals surface area contributed by atoms with Crippen molar-refractivity contribution in [2.45, 2.75) is 58.2 Å².